The average Bonchev–Trinajstić information content (AvgIpc) is 2.87. The van der Waals surface area contributed by atoms with E-state index in [9.17, 15) is 19.2 Å². The molecular formula is C26H21N3O6. The van der Waals surface area contributed by atoms with Crippen molar-refractivity contribution in [2.45, 2.75) is 0 Å². The molecular weight excluding hydrogens is 450 g/mol. The van der Waals surface area contributed by atoms with Crippen LogP contribution in [0.15, 0.2) is 83.7 Å². The van der Waals surface area contributed by atoms with E-state index in [2.05, 4.69) is 15.6 Å². The van der Waals surface area contributed by atoms with Crippen LogP contribution >= 0.6 is 0 Å². The molecule has 0 aliphatic rings. The maximum Gasteiger partial charge on any atom is 0.339 e. The Labute approximate surface area is 199 Å². The number of para-hydroxylation sites is 3. The van der Waals surface area contributed by atoms with Crippen molar-refractivity contribution in [3.8, 4) is 5.75 Å². The minimum Gasteiger partial charge on any atom is -0.495 e. The zero-order valence-corrected chi connectivity index (χ0v) is 18.7. The third-order valence-electron chi connectivity index (χ3n) is 5.09. The van der Waals surface area contributed by atoms with Crippen molar-refractivity contribution in [1.29, 1.82) is 0 Å². The van der Waals surface area contributed by atoms with Gasteiger partial charge in [-0.2, -0.15) is 0 Å². The molecule has 2 amide bonds. The van der Waals surface area contributed by atoms with Crippen molar-refractivity contribution in [3.63, 3.8) is 0 Å². The molecule has 3 N–H and O–H groups in total. The minimum atomic E-state index is -0.786. The van der Waals surface area contributed by atoms with Crippen LogP contribution in [0.3, 0.4) is 0 Å². The van der Waals surface area contributed by atoms with Gasteiger partial charge in [-0.1, -0.05) is 30.3 Å². The number of aromatic amines is 1. The highest BCUT2D eigenvalue weighted by Crippen LogP contribution is 2.24. The Morgan fingerprint density at radius 2 is 1.60 bits per heavy atom. The topological polar surface area (TPSA) is 127 Å². The van der Waals surface area contributed by atoms with Gasteiger partial charge in [0, 0.05) is 28.2 Å². The van der Waals surface area contributed by atoms with Gasteiger partial charge in [-0.05, 0) is 42.5 Å². The van der Waals surface area contributed by atoms with E-state index in [1.807, 2.05) is 0 Å². The Morgan fingerprint density at radius 3 is 2.37 bits per heavy atom. The fraction of sp³-hybridized carbons (Fsp3) is 0.0769. The van der Waals surface area contributed by atoms with Crippen LogP contribution in [-0.2, 0) is 9.53 Å². The summed E-state index contributed by atoms with van der Waals surface area (Å²) >= 11 is 0. The van der Waals surface area contributed by atoms with Gasteiger partial charge in [-0.15, -0.1) is 0 Å². The molecule has 4 aromatic rings. The summed E-state index contributed by atoms with van der Waals surface area (Å²) in [5.74, 6) is -1.16. The molecule has 0 unspecified atom stereocenters. The highest BCUT2D eigenvalue weighted by atomic mass is 16.5. The fourth-order valence-corrected chi connectivity index (χ4v) is 3.43. The van der Waals surface area contributed by atoms with Crippen LogP contribution in [0.1, 0.15) is 20.7 Å². The van der Waals surface area contributed by atoms with Crippen LogP contribution < -0.4 is 20.9 Å². The number of rotatable bonds is 7. The minimum absolute atomic E-state index is 0.0718. The molecule has 0 fully saturated rings. The number of anilines is 2. The smallest absolute Gasteiger partial charge is 0.339 e. The van der Waals surface area contributed by atoms with E-state index in [1.54, 1.807) is 72.8 Å². The lowest BCUT2D eigenvalue weighted by Crippen LogP contribution is -2.22. The number of fused-ring (bicyclic) bond motifs is 1. The molecule has 4 rings (SSSR count). The summed E-state index contributed by atoms with van der Waals surface area (Å²) in [6.07, 6.45) is 0. The predicted octanol–water partition coefficient (Wildman–Crippen LogP) is 3.58. The molecule has 1 heterocycles. The van der Waals surface area contributed by atoms with Gasteiger partial charge < -0.3 is 25.1 Å². The lowest BCUT2D eigenvalue weighted by Gasteiger charge is -2.11. The van der Waals surface area contributed by atoms with Gasteiger partial charge in [0.2, 0.25) is 5.56 Å². The van der Waals surface area contributed by atoms with Gasteiger partial charge in [-0.3, -0.25) is 14.4 Å². The molecule has 0 aliphatic carbocycles. The first-order valence-corrected chi connectivity index (χ1v) is 10.6. The number of hydrogen-bond acceptors (Lipinski definition) is 6. The Balaban J connectivity index is 1.35. The van der Waals surface area contributed by atoms with Gasteiger partial charge in [0.25, 0.3) is 11.8 Å². The lowest BCUT2D eigenvalue weighted by molar-refractivity contribution is -0.119. The number of amides is 2. The number of carbonyl (C=O) groups excluding carboxylic acids is 3. The first-order chi connectivity index (χ1) is 16.9. The van der Waals surface area contributed by atoms with Crippen LogP contribution in [0.2, 0.25) is 0 Å². The third-order valence-corrected chi connectivity index (χ3v) is 5.09. The SMILES string of the molecule is COc1ccccc1NC(=O)c1ccc(NC(=O)COC(=O)c2cc(=O)[nH]c3ccccc23)cc1. The maximum absolute atomic E-state index is 12.5. The van der Waals surface area contributed by atoms with Crippen molar-refractivity contribution in [2.24, 2.45) is 0 Å². The first kappa shape index (κ1) is 23.2. The van der Waals surface area contributed by atoms with Crippen molar-refractivity contribution in [1.82, 2.24) is 4.98 Å². The summed E-state index contributed by atoms with van der Waals surface area (Å²) in [5, 5.41) is 5.88. The lowest BCUT2D eigenvalue weighted by atomic mass is 10.1. The number of benzene rings is 3. The zero-order chi connectivity index (χ0) is 24.8. The van der Waals surface area contributed by atoms with Crippen molar-refractivity contribution in [2.75, 3.05) is 24.4 Å². The second kappa shape index (κ2) is 10.3. The summed E-state index contributed by atoms with van der Waals surface area (Å²) < 4.78 is 10.3. The molecule has 0 saturated carbocycles. The summed E-state index contributed by atoms with van der Waals surface area (Å²) in [6.45, 7) is -0.546. The average molecular weight is 471 g/mol. The molecule has 0 spiro atoms. The standard InChI is InChI=1S/C26H21N3O6/c1-34-22-9-5-4-8-21(22)29-25(32)16-10-12-17(13-11-16)27-24(31)15-35-26(33)19-14-23(30)28-20-7-3-2-6-18(19)20/h2-14H,15H2,1H3,(H,27,31)(H,28,30)(H,29,32). The number of esters is 1. The van der Waals surface area contributed by atoms with Crippen LogP contribution in [0.5, 0.6) is 5.75 Å². The molecule has 9 nitrogen and oxygen atoms in total. The van der Waals surface area contributed by atoms with Gasteiger partial charge in [0.15, 0.2) is 6.61 Å². The van der Waals surface area contributed by atoms with Gasteiger partial charge >= 0.3 is 5.97 Å². The number of hydrogen-bond donors (Lipinski definition) is 3. The van der Waals surface area contributed by atoms with Crippen molar-refractivity contribution < 1.29 is 23.9 Å². The summed E-state index contributed by atoms with van der Waals surface area (Å²) in [4.78, 5) is 51.7. The van der Waals surface area contributed by atoms with Gasteiger partial charge in [-0.25, -0.2) is 4.79 Å². The Hall–Kier alpha value is -4.92. The van der Waals surface area contributed by atoms with E-state index in [4.69, 9.17) is 9.47 Å². The van der Waals surface area contributed by atoms with Gasteiger partial charge in [0.05, 0.1) is 18.4 Å². The normalized spacial score (nSPS) is 10.4. The molecule has 0 saturated heterocycles. The molecule has 9 heteroatoms. The van der Waals surface area contributed by atoms with E-state index < -0.39 is 24.0 Å². The van der Waals surface area contributed by atoms with Crippen LogP contribution in [0.25, 0.3) is 10.9 Å². The molecule has 3 aromatic carbocycles. The number of carbonyl (C=O) groups is 3. The van der Waals surface area contributed by atoms with E-state index in [0.717, 1.165) is 6.07 Å². The zero-order valence-electron chi connectivity index (χ0n) is 18.7. The molecule has 0 radical (unpaired) electrons. The highest BCUT2D eigenvalue weighted by molar-refractivity contribution is 6.06. The summed E-state index contributed by atoms with van der Waals surface area (Å²) in [7, 11) is 1.52. The van der Waals surface area contributed by atoms with Crippen molar-refractivity contribution >= 4 is 40.1 Å². The van der Waals surface area contributed by atoms with Gasteiger partial charge in [0.1, 0.15) is 5.75 Å². The van der Waals surface area contributed by atoms with E-state index in [-0.39, 0.29) is 11.5 Å². The summed E-state index contributed by atoms with van der Waals surface area (Å²) in [5.41, 5.74) is 1.44. The molecule has 176 valence electrons. The van der Waals surface area contributed by atoms with E-state index >= 15 is 0 Å². The molecule has 1 aromatic heterocycles. The first-order valence-electron chi connectivity index (χ1n) is 10.6. The third kappa shape index (κ3) is 5.53. The monoisotopic (exact) mass is 471 g/mol. The number of aromatic nitrogens is 1. The molecule has 0 atom stereocenters. The largest absolute Gasteiger partial charge is 0.495 e. The van der Waals surface area contributed by atoms with Crippen LogP contribution in [0, 0.1) is 0 Å². The number of H-pyrrole nitrogens is 1. The molecule has 0 aliphatic heterocycles. The second-order valence-electron chi connectivity index (χ2n) is 7.45. The van der Waals surface area contributed by atoms with Crippen molar-refractivity contribution in [3.05, 3.63) is 100 Å². The fourth-order valence-electron chi connectivity index (χ4n) is 3.43. The Kier molecular flexibility index (Phi) is 6.87. The predicted molar refractivity (Wildman–Crippen MR) is 131 cm³/mol. The van der Waals surface area contributed by atoms with Crippen LogP contribution in [0.4, 0.5) is 11.4 Å². The highest BCUT2D eigenvalue weighted by Gasteiger charge is 2.15. The molecule has 35 heavy (non-hydrogen) atoms. The number of ether oxygens (including phenoxy) is 2. The number of nitrogens with one attached hydrogen (secondary N) is 3. The second-order valence-corrected chi connectivity index (χ2v) is 7.45. The Morgan fingerprint density at radius 1 is 0.886 bits per heavy atom. The van der Waals surface area contributed by atoms with E-state index in [1.165, 1.54) is 7.11 Å². The quantitative estimate of drug-likeness (QED) is 0.354. The number of methoxy groups -OCH3 is 1. The Bertz CT molecular complexity index is 1460. The molecule has 0 bridgehead atoms. The van der Waals surface area contributed by atoms with E-state index in [0.29, 0.717) is 33.6 Å². The van der Waals surface area contributed by atoms with Crippen LogP contribution in [-0.4, -0.2) is 36.5 Å². The summed E-state index contributed by atoms with van der Waals surface area (Å²) in [6, 6.07) is 21.2. The maximum atomic E-state index is 12.5. The number of pyridine rings is 1.